The maximum atomic E-state index is 12.4. The van der Waals surface area contributed by atoms with E-state index in [4.69, 9.17) is 4.98 Å². The summed E-state index contributed by atoms with van der Waals surface area (Å²) in [5.41, 5.74) is 4.46. The lowest BCUT2D eigenvalue weighted by atomic mass is 10.1. The van der Waals surface area contributed by atoms with E-state index in [-0.39, 0.29) is 5.91 Å². The van der Waals surface area contributed by atoms with Crippen LogP contribution in [0.5, 0.6) is 0 Å². The van der Waals surface area contributed by atoms with Gasteiger partial charge in [0.05, 0.1) is 17.6 Å². The van der Waals surface area contributed by atoms with Gasteiger partial charge in [0.25, 0.3) is 0 Å². The number of aromatic nitrogens is 2. The van der Waals surface area contributed by atoms with E-state index in [0.29, 0.717) is 6.54 Å². The summed E-state index contributed by atoms with van der Waals surface area (Å²) in [6.45, 7) is 3.88. The Morgan fingerprint density at radius 2 is 1.86 bits per heavy atom. The van der Waals surface area contributed by atoms with E-state index in [0.717, 1.165) is 55.0 Å². The van der Waals surface area contributed by atoms with Crippen LogP contribution < -0.4 is 4.90 Å². The molecule has 0 N–H and O–H groups in total. The highest BCUT2D eigenvalue weighted by Gasteiger charge is 2.20. The van der Waals surface area contributed by atoms with Gasteiger partial charge in [0.2, 0.25) is 5.91 Å². The van der Waals surface area contributed by atoms with E-state index >= 15 is 0 Å². The number of fused-ring (bicyclic) bond motifs is 1. The molecular formula is C23H29N5O. The number of amides is 1. The first-order valence-corrected chi connectivity index (χ1v) is 10.2. The number of imidazole rings is 1. The summed E-state index contributed by atoms with van der Waals surface area (Å²) in [5, 5.41) is 0. The van der Waals surface area contributed by atoms with Crippen molar-refractivity contribution in [2.75, 3.05) is 51.7 Å². The maximum absolute atomic E-state index is 12.4. The smallest absolute Gasteiger partial charge is 0.236 e. The number of benzene rings is 2. The van der Waals surface area contributed by atoms with Gasteiger partial charge in [0.1, 0.15) is 5.82 Å². The molecule has 29 heavy (non-hydrogen) atoms. The van der Waals surface area contributed by atoms with Crippen molar-refractivity contribution in [2.24, 2.45) is 7.05 Å². The Morgan fingerprint density at radius 3 is 2.66 bits per heavy atom. The van der Waals surface area contributed by atoms with Crippen molar-refractivity contribution in [2.45, 2.75) is 6.42 Å². The molecule has 1 aliphatic rings. The molecule has 0 spiro atoms. The molecule has 3 aromatic rings. The first-order valence-electron chi connectivity index (χ1n) is 10.2. The number of rotatable bonds is 4. The summed E-state index contributed by atoms with van der Waals surface area (Å²) >= 11 is 0. The van der Waals surface area contributed by atoms with Crippen LogP contribution in [0.15, 0.2) is 48.5 Å². The highest BCUT2D eigenvalue weighted by molar-refractivity contribution is 5.81. The number of carbonyl (C=O) groups is 1. The van der Waals surface area contributed by atoms with E-state index < -0.39 is 0 Å². The molecule has 0 unspecified atom stereocenters. The highest BCUT2D eigenvalue weighted by Crippen LogP contribution is 2.27. The summed E-state index contributed by atoms with van der Waals surface area (Å²) in [7, 11) is 5.95. The second-order valence-corrected chi connectivity index (χ2v) is 7.99. The lowest BCUT2D eigenvalue weighted by Crippen LogP contribution is -2.40. The van der Waals surface area contributed by atoms with E-state index in [1.54, 1.807) is 0 Å². The number of nitrogens with zero attached hydrogens (tertiary/aromatic N) is 5. The first-order chi connectivity index (χ1) is 14.0. The minimum absolute atomic E-state index is 0.213. The lowest BCUT2D eigenvalue weighted by Gasteiger charge is -2.25. The summed E-state index contributed by atoms with van der Waals surface area (Å²) in [4.78, 5) is 23.6. The van der Waals surface area contributed by atoms with Gasteiger partial charge in [-0.1, -0.05) is 24.3 Å². The quantitative estimate of drug-likeness (QED) is 0.686. The predicted octanol–water partition coefficient (Wildman–Crippen LogP) is 2.84. The number of hydrogen-bond acceptors (Lipinski definition) is 4. The van der Waals surface area contributed by atoms with Gasteiger partial charge >= 0.3 is 0 Å². The standard InChI is InChI=1S/C23H29N5O/c1-25(2)17-22(29)28-13-7-12-27(14-15-28)19-9-6-8-18(16-19)23-24-20-10-4-5-11-21(20)26(23)3/h4-6,8-11,16H,7,12-15,17H2,1-3H3. The number of para-hydroxylation sites is 2. The molecule has 0 saturated carbocycles. The first kappa shape index (κ1) is 19.5. The average molecular weight is 392 g/mol. The van der Waals surface area contributed by atoms with Crippen LogP contribution in [0.2, 0.25) is 0 Å². The third kappa shape index (κ3) is 4.12. The molecule has 1 aliphatic heterocycles. The Balaban J connectivity index is 1.54. The van der Waals surface area contributed by atoms with Crippen LogP contribution in [-0.4, -0.2) is 72.1 Å². The summed E-state index contributed by atoms with van der Waals surface area (Å²) in [6.07, 6.45) is 0.982. The van der Waals surface area contributed by atoms with Crippen LogP contribution in [0.25, 0.3) is 22.4 Å². The van der Waals surface area contributed by atoms with Crippen LogP contribution in [0.1, 0.15) is 6.42 Å². The Labute approximate surface area is 172 Å². The second-order valence-electron chi connectivity index (χ2n) is 7.99. The lowest BCUT2D eigenvalue weighted by molar-refractivity contribution is -0.131. The van der Waals surface area contributed by atoms with Crippen molar-refractivity contribution < 1.29 is 4.79 Å². The van der Waals surface area contributed by atoms with E-state index in [1.807, 2.05) is 36.0 Å². The van der Waals surface area contributed by atoms with Crippen LogP contribution in [0.3, 0.4) is 0 Å². The van der Waals surface area contributed by atoms with Crippen LogP contribution in [0, 0.1) is 0 Å². The third-order valence-electron chi connectivity index (χ3n) is 5.56. The van der Waals surface area contributed by atoms with Gasteiger partial charge in [-0.2, -0.15) is 0 Å². The zero-order valence-corrected chi connectivity index (χ0v) is 17.5. The Kier molecular flexibility index (Phi) is 5.53. The van der Waals surface area contributed by atoms with Gasteiger partial charge < -0.3 is 19.3 Å². The monoisotopic (exact) mass is 391 g/mol. The second kappa shape index (κ2) is 8.25. The van der Waals surface area contributed by atoms with E-state index in [2.05, 4.69) is 52.9 Å². The molecule has 1 saturated heterocycles. The molecule has 0 atom stereocenters. The fourth-order valence-electron chi connectivity index (χ4n) is 4.04. The number of carbonyl (C=O) groups excluding carboxylic acids is 1. The van der Waals surface area contributed by atoms with Crippen molar-refractivity contribution in [1.82, 2.24) is 19.4 Å². The van der Waals surface area contributed by atoms with Crippen molar-refractivity contribution in [3.8, 4) is 11.4 Å². The van der Waals surface area contributed by atoms with Gasteiger partial charge in [-0.25, -0.2) is 4.98 Å². The fraction of sp³-hybridized carbons (Fsp3) is 0.391. The van der Waals surface area contributed by atoms with Crippen LogP contribution >= 0.6 is 0 Å². The van der Waals surface area contributed by atoms with Gasteiger partial charge in [0, 0.05) is 44.5 Å². The number of aryl methyl sites for hydroxylation is 1. The zero-order chi connectivity index (χ0) is 20.4. The molecule has 1 aromatic heterocycles. The van der Waals surface area contributed by atoms with Crippen molar-refractivity contribution in [3.05, 3.63) is 48.5 Å². The Morgan fingerprint density at radius 1 is 1.03 bits per heavy atom. The summed E-state index contributed by atoms with van der Waals surface area (Å²) in [5.74, 6) is 1.19. The molecule has 0 aliphatic carbocycles. The van der Waals surface area contributed by atoms with Crippen LogP contribution in [0.4, 0.5) is 5.69 Å². The topological polar surface area (TPSA) is 44.6 Å². The van der Waals surface area contributed by atoms with Crippen molar-refractivity contribution in [3.63, 3.8) is 0 Å². The minimum Gasteiger partial charge on any atom is -0.370 e. The number of hydrogen-bond donors (Lipinski definition) is 0. The minimum atomic E-state index is 0.213. The normalized spacial score (nSPS) is 15.2. The Hall–Kier alpha value is -2.86. The molecular weight excluding hydrogens is 362 g/mol. The van der Waals surface area contributed by atoms with E-state index in [9.17, 15) is 4.79 Å². The molecule has 2 heterocycles. The average Bonchev–Trinajstić information content (AvgIpc) is 2.89. The molecule has 1 fully saturated rings. The highest BCUT2D eigenvalue weighted by atomic mass is 16.2. The Bertz CT molecular complexity index is 1010. The molecule has 0 bridgehead atoms. The van der Waals surface area contributed by atoms with Gasteiger partial charge in [0.15, 0.2) is 0 Å². The predicted molar refractivity (Wildman–Crippen MR) is 118 cm³/mol. The number of anilines is 1. The molecule has 1 amide bonds. The SMILES string of the molecule is CN(C)CC(=O)N1CCCN(c2cccc(-c3nc4ccccc4n3C)c2)CC1. The molecule has 6 nitrogen and oxygen atoms in total. The molecule has 152 valence electrons. The van der Waals surface area contributed by atoms with Gasteiger partial charge in [-0.05, 0) is 44.8 Å². The molecule has 2 aromatic carbocycles. The van der Waals surface area contributed by atoms with Gasteiger partial charge in [-0.15, -0.1) is 0 Å². The van der Waals surface area contributed by atoms with E-state index in [1.165, 1.54) is 5.69 Å². The fourth-order valence-corrected chi connectivity index (χ4v) is 4.04. The maximum Gasteiger partial charge on any atom is 0.236 e. The molecule has 0 radical (unpaired) electrons. The van der Waals surface area contributed by atoms with Gasteiger partial charge in [-0.3, -0.25) is 4.79 Å². The summed E-state index contributed by atoms with van der Waals surface area (Å²) < 4.78 is 2.15. The van der Waals surface area contributed by atoms with Crippen LogP contribution in [-0.2, 0) is 11.8 Å². The molecule has 6 heteroatoms. The van der Waals surface area contributed by atoms with Crippen molar-refractivity contribution >= 4 is 22.6 Å². The number of likely N-dealkylation sites (N-methyl/N-ethyl adjacent to an activating group) is 1. The van der Waals surface area contributed by atoms with Crippen molar-refractivity contribution in [1.29, 1.82) is 0 Å². The largest absolute Gasteiger partial charge is 0.370 e. The molecule has 4 rings (SSSR count). The zero-order valence-electron chi connectivity index (χ0n) is 17.5. The summed E-state index contributed by atoms with van der Waals surface area (Å²) in [6, 6.07) is 16.8. The third-order valence-corrected chi connectivity index (χ3v) is 5.56.